The Balaban J connectivity index is 2.11. The number of benzene rings is 2. The summed E-state index contributed by atoms with van der Waals surface area (Å²) in [5.41, 5.74) is 14.1. The molecule has 4 nitrogen and oxygen atoms in total. The van der Waals surface area contributed by atoms with Gasteiger partial charge in [0.1, 0.15) is 0 Å². The van der Waals surface area contributed by atoms with Gasteiger partial charge in [0.25, 0.3) is 5.91 Å². The van der Waals surface area contributed by atoms with Gasteiger partial charge in [0.05, 0.1) is 5.56 Å². The van der Waals surface area contributed by atoms with Crippen molar-refractivity contribution in [2.75, 3.05) is 17.6 Å². The first kappa shape index (κ1) is 13.9. The van der Waals surface area contributed by atoms with Gasteiger partial charge >= 0.3 is 0 Å². The van der Waals surface area contributed by atoms with Gasteiger partial charge in [-0.25, -0.2) is 0 Å². The van der Waals surface area contributed by atoms with Crippen LogP contribution in [0.2, 0.25) is 0 Å². The Bertz CT molecular complexity index is 596. The molecule has 2 aromatic carbocycles. The molecule has 4 heteroatoms. The molecule has 0 spiro atoms. The lowest BCUT2D eigenvalue weighted by molar-refractivity contribution is 0.100. The predicted molar refractivity (Wildman–Crippen MR) is 82.7 cm³/mol. The number of hydrogen-bond acceptors (Lipinski definition) is 3. The van der Waals surface area contributed by atoms with E-state index >= 15 is 0 Å². The zero-order valence-corrected chi connectivity index (χ0v) is 11.5. The highest BCUT2D eigenvalue weighted by Crippen LogP contribution is 2.21. The summed E-state index contributed by atoms with van der Waals surface area (Å²) in [6.45, 7) is 2.83. The molecule has 0 saturated carbocycles. The van der Waals surface area contributed by atoms with Crippen LogP contribution in [0.25, 0.3) is 0 Å². The number of carbonyl (C=O) groups is 1. The molecular weight excluding hydrogens is 250 g/mol. The average Bonchev–Trinajstić information content (AvgIpc) is 2.45. The second-order valence-corrected chi connectivity index (χ2v) is 4.86. The second-order valence-electron chi connectivity index (χ2n) is 4.86. The fraction of sp³-hybridized carbons (Fsp3) is 0.188. The maximum atomic E-state index is 11.4. The lowest BCUT2D eigenvalue weighted by Gasteiger charge is -2.16. The van der Waals surface area contributed by atoms with Crippen molar-refractivity contribution in [3.05, 3.63) is 59.7 Å². The van der Waals surface area contributed by atoms with E-state index in [4.69, 9.17) is 11.5 Å². The monoisotopic (exact) mass is 269 g/mol. The van der Waals surface area contributed by atoms with Crippen LogP contribution in [0.1, 0.15) is 28.8 Å². The molecule has 0 aromatic heterocycles. The Morgan fingerprint density at radius 2 is 1.90 bits per heavy atom. The Morgan fingerprint density at radius 3 is 2.55 bits per heavy atom. The number of amides is 1. The first-order valence-electron chi connectivity index (χ1n) is 6.56. The van der Waals surface area contributed by atoms with Gasteiger partial charge in [-0.1, -0.05) is 37.3 Å². The van der Waals surface area contributed by atoms with Gasteiger partial charge in [0.2, 0.25) is 0 Å². The summed E-state index contributed by atoms with van der Waals surface area (Å²) in [7, 11) is 0. The van der Waals surface area contributed by atoms with E-state index in [-0.39, 0.29) is 0 Å². The molecular formula is C16H19N3O. The summed E-state index contributed by atoms with van der Waals surface area (Å²) in [5.74, 6) is -0.141. The highest BCUT2D eigenvalue weighted by molar-refractivity contribution is 5.99. The summed E-state index contributed by atoms with van der Waals surface area (Å²) >= 11 is 0. The molecule has 1 amide bonds. The average molecular weight is 269 g/mol. The molecule has 2 rings (SSSR count). The predicted octanol–water partition coefficient (Wildman–Crippen LogP) is 2.58. The number of nitrogen functional groups attached to an aromatic ring is 1. The zero-order valence-electron chi connectivity index (χ0n) is 11.5. The van der Waals surface area contributed by atoms with E-state index < -0.39 is 5.91 Å². The van der Waals surface area contributed by atoms with Crippen LogP contribution in [0.15, 0.2) is 48.5 Å². The van der Waals surface area contributed by atoms with Crippen molar-refractivity contribution < 1.29 is 4.79 Å². The molecule has 0 aliphatic rings. The van der Waals surface area contributed by atoms with Gasteiger partial charge in [-0.2, -0.15) is 0 Å². The van der Waals surface area contributed by atoms with Crippen LogP contribution in [-0.2, 0) is 0 Å². The third-order valence-corrected chi connectivity index (χ3v) is 3.28. The van der Waals surface area contributed by atoms with E-state index in [2.05, 4.69) is 24.4 Å². The Morgan fingerprint density at radius 1 is 1.20 bits per heavy atom. The number of nitrogens with one attached hydrogen (secondary N) is 1. The Hall–Kier alpha value is -2.49. The van der Waals surface area contributed by atoms with E-state index in [0.29, 0.717) is 29.4 Å². The standard InChI is InChI=1S/C16H19N3O/c1-11(12-5-3-2-4-6-12)10-19-15-9-13(17)7-8-14(15)16(18)20/h2-9,11,19H,10,17H2,1H3,(H2,18,20). The minimum absolute atomic E-state index is 0.318. The minimum Gasteiger partial charge on any atom is -0.399 e. The van der Waals surface area contributed by atoms with Crippen LogP contribution >= 0.6 is 0 Å². The number of nitrogens with two attached hydrogens (primary N) is 2. The molecule has 0 radical (unpaired) electrons. The molecule has 0 fully saturated rings. The van der Waals surface area contributed by atoms with Gasteiger partial charge in [-0.3, -0.25) is 4.79 Å². The molecule has 1 atom stereocenters. The molecule has 0 aliphatic heterocycles. The maximum Gasteiger partial charge on any atom is 0.250 e. The van der Waals surface area contributed by atoms with Gasteiger partial charge < -0.3 is 16.8 Å². The molecule has 0 aliphatic carbocycles. The van der Waals surface area contributed by atoms with Crippen molar-refractivity contribution >= 4 is 17.3 Å². The zero-order chi connectivity index (χ0) is 14.5. The van der Waals surface area contributed by atoms with E-state index in [1.807, 2.05) is 18.2 Å². The lowest BCUT2D eigenvalue weighted by Crippen LogP contribution is -2.17. The number of anilines is 2. The van der Waals surface area contributed by atoms with E-state index in [1.165, 1.54) is 5.56 Å². The molecule has 104 valence electrons. The molecule has 20 heavy (non-hydrogen) atoms. The van der Waals surface area contributed by atoms with Crippen molar-refractivity contribution in [3.63, 3.8) is 0 Å². The van der Waals surface area contributed by atoms with Crippen LogP contribution in [0, 0.1) is 0 Å². The number of rotatable bonds is 5. The van der Waals surface area contributed by atoms with E-state index in [1.54, 1.807) is 18.2 Å². The van der Waals surface area contributed by atoms with Gasteiger partial charge in [0.15, 0.2) is 0 Å². The van der Waals surface area contributed by atoms with Crippen LogP contribution < -0.4 is 16.8 Å². The third-order valence-electron chi connectivity index (χ3n) is 3.28. The van der Waals surface area contributed by atoms with Crippen molar-refractivity contribution in [3.8, 4) is 0 Å². The summed E-state index contributed by atoms with van der Waals surface area (Å²) in [6.07, 6.45) is 0. The molecule has 0 bridgehead atoms. The SMILES string of the molecule is CC(CNc1cc(N)ccc1C(N)=O)c1ccccc1. The topological polar surface area (TPSA) is 81.1 Å². The van der Waals surface area contributed by atoms with Gasteiger partial charge in [0, 0.05) is 17.9 Å². The largest absolute Gasteiger partial charge is 0.399 e. The second kappa shape index (κ2) is 6.10. The number of primary amides is 1. The third kappa shape index (κ3) is 3.29. The van der Waals surface area contributed by atoms with Crippen LogP contribution in [0.4, 0.5) is 11.4 Å². The molecule has 5 N–H and O–H groups in total. The normalized spacial score (nSPS) is 11.8. The number of carbonyl (C=O) groups excluding carboxylic acids is 1. The summed E-state index contributed by atoms with van der Waals surface area (Å²) < 4.78 is 0. The smallest absolute Gasteiger partial charge is 0.250 e. The molecule has 0 saturated heterocycles. The summed E-state index contributed by atoms with van der Waals surface area (Å²) in [4.78, 5) is 11.4. The van der Waals surface area contributed by atoms with Crippen molar-refractivity contribution in [2.45, 2.75) is 12.8 Å². The minimum atomic E-state index is -0.458. The van der Waals surface area contributed by atoms with Crippen LogP contribution in [-0.4, -0.2) is 12.5 Å². The first-order valence-corrected chi connectivity index (χ1v) is 6.56. The summed E-state index contributed by atoms with van der Waals surface area (Å²) in [6, 6.07) is 15.2. The fourth-order valence-electron chi connectivity index (χ4n) is 2.09. The quantitative estimate of drug-likeness (QED) is 0.730. The van der Waals surface area contributed by atoms with Crippen molar-refractivity contribution in [2.24, 2.45) is 5.73 Å². The van der Waals surface area contributed by atoms with Crippen molar-refractivity contribution in [1.82, 2.24) is 0 Å². The maximum absolute atomic E-state index is 11.4. The highest BCUT2D eigenvalue weighted by Gasteiger charge is 2.10. The molecule has 2 aromatic rings. The lowest BCUT2D eigenvalue weighted by atomic mass is 10.0. The van der Waals surface area contributed by atoms with E-state index in [9.17, 15) is 4.79 Å². The van der Waals surface area contributed by atoms with E-state index in [0.717, 1.165) is 0 Å². The molecule has 0 heterocycles. The molecule has 1 unspecified atom stereocenters. The van der Waals surface area contributed by atoms with Crippen LogP contribution in [0.3, 0.4) is 0 Å². The highest BCUT2D eigenvalue weighted by atomic mass is 16.1. The Kier molecular flexibility index (Phi) is 4.25. The Labute approximate surface area is 118 Å². The first-order chi connectivity index (χ1) is 9.58. The summed E-state index contributed by atoms with van der Waals surface area (Å²) in [5, 5.41) is 3.25. The fourth-order valence-corrected chi connectivity index (χ4v) is 2.09. The van der Waals surface area contributed by atoms with Crippen molar-refractivity contribution in [1.29, 1.82) is 0 Å². The number of hydrogen-bond donors (Lipinski definition) is 3. The van der Waals surface area contributed by atoms with Gasteiger partial charge in [-0.15, -0.1) is 0 Å². The van der Waals surface area contributed by atoms with Gasteiger partial charge in [-0.05, 0) is 29.7 Å². The van der Waals surface area contributed by atoms with Crippen LogP contribution in [0.5, 0.6) is 0 Å².